The van der Waals surface area contributed by atoms with Crippen LogP contribution in [0.25, 0.3) is 0 Å². The molecule has 1 atom stereocenters. The largest absolute Gasteiger partial charge is 0.387 e. The molecule has 1 fully saturated rings. The monoisotopic (exact) mass is 378 g/mol. The summed E-state index contributed by atoms with van der Waals surface area (Å²) in [4.78, 5) is 16.1. The van der Waals surface area contributed by atoms with E-state index < -0.39 is 10.5 Å². The first kappa shape index (κ1) is 18.8. The fourth-order valence-corrected chi connectivity index (χ4v) is 3.82. The number of rotatable bonds is 6. The van der Waals surface area contributed by atoms with E-state index in [2.05, 4.69) is 34.1 Å². The molecule has 1 aliphatic heterocycles. The molecular formula is C18H23ClN4O3. The fraction of sp³-hybridized carbons (Fsp3) is 0.500. The number of β-amino-alcohol motifs (C(OH)–C–C–N with tert-alkyl or cyclic N) is 1. The highest BCUT2D eigenvalue weighted by molar-refractivity contribution is 6.28. The Morgan fingerprint density at radius 3 is 2.54 bits per heavy atom. The SMILES string of the molecule is CC(O)(CN1CCC(c2ccccc2)CC1)Cn1cc([N+](=O)[O-])nc1Cl. The molecule has 0 bridgehead atoms. The van der Waals surface area contributed by atoms with Crippen LogP contribution in [0.5, 0.6) is 0 Å². The molecule has 1 N–H and O–H groups in total. The standard InChI is InChI=1S/C18H23ClN4O3/c1-18(24,13-22-11-16(23(25)26)20-17(22)19)12-21-9-7-15(8-10-21)14-5-3-2-4-6-14/h2-6,11,15,24H,7-10,12-13H2,1H3. The third-order valence-corrected chi connectivity index (χ3v) is 5.14. The maximum atomic E-state index is 10.8. The maximum Gasteiger partial charge on any atom is 0.383 e. The molecule has 140 valence electrons. The van der Waals surface area contributed by atoms with Crippen LogP contribution < -0.4 is 0 Å². The third kappa shape index (κ3) is 4.60. The quantitative estimate of drug-likeness (QED) is 0.616. The van der Waals surface area contributed by atoms with Crippen LogP contribution in [-0.2, 0) is 6.54 Å². The van der Waals surface area contributed by atoms with Crippen molar-refractivity contribution in [3.63, 3.8) is 0 Å². The molecule has 1 unspecified atom stereocenters. The van der Waals surface area contributed by atoms with E-state index in [1.165, 1.54) is 16.3 Å². The van der Waals surface area contributed by atoms with Gasteiger partial charge in [-0.1, -0.05) is 30.3 Å². The molecule has 0 saturated carbocycles. The summed E-state index contributed by atoms with van der Waals surface area (Å²) in [6.45, 7) is 4.18. The molecule has 0 spiro atoms. The number of hydrogen-bond donors (Lipinski definition) is 1. The third-order valence-electron chi connectivity index (χ3n) is 4.84. The van der Waals surface area contributed by atoms with Crippen molar-refractivity contribution in [2.24, 2.45) is 0 Å². The van der Waals surface area contributed by atoms with Crippen LogP contribution in [0.15, 0.2) is 36.5 Å². The highest BCUT2D eigenvalue weighted by Gasteiger charge is 2.30. The lowest BCUT2D eigenvalue weighted by atomic mass is 9.89. The second-order valence-corrected chi connectivity index (χ2v) is 7.55. The zero-order valence-corrected chi connectivity index (χ0v) is 15.5. The van der Waals surface area contributed by atoms with Gasteiger partial charge in [0, 0.05) is 6.54 Å². The van der Waals surface area contributed by atoms with Crippen molar-refractivity contribution in [3.8, 4) is 0 Å². The van der Waals surface area contributed by atoms with Gasteiger partial charge < -0.3 is 20.1 Å². The summed E-state index contributed by atoms with van der Waals surface area (Å²) in [7, 11) is 0. The first-order valence-electron chi connectivity index (χ1n) is 8.71. The van der Waals surface area contributed by atoms with Gasteiger partial charge >= 0.3 is 11.1 Å². The van der Waals surface area contributed by atoms with E-state index in [1.54, 1.807) is 6.92 Å². The lowest BCUT2D eigenvalue weighted by molar-refractivity contribution is -0.389. The average molecular weight is 379 g/mol. The molecule has 2 heterocycles. The molecule has 7 nitrogen and oxygen atoms in total. The zero-order chi connectivity index (χ0) is 18.7. The Labute approximate surface area is 157 Å². The van der Waals surface area contributed by atoms with Gasteiger partial charge in [-0.05, 0) is 65.8 Å². The van der Waals surface area contributed by atoms with Crippen LogP contribution in [0.2, 0.25) is 5.28 Å². The van der Waals surface area contributed by atoms with Gasteiger partial charge in [-0.2, -0.15) is 0 Å². The first-order valence-corrected chi connectivity index (χ1v) is 9.08. The molecule has 1 aliphatic rings. The van der Waals surface area contributed by atoms with E-state index in [0.717, 1.165) is 25.9 Å². The van der Waals surface area contributed by atoms with Crippen LogP contribution in [0.3, 0.4) is 0 Å². The number of nitrogens with zero attached hydrogens (tertiary/aromatic N) is 4. The number of nitro groups is 1. The second kappa shape index (κ2) is 7.73. The predicted molar refractivity (Wildman–Crippen MR) is 99.4 cm³/mol. The van der Waals surface area contributed by atoms with E-state index in [9.17, 15) is 15.2 Å². The number of halogens is 1. The number of aromatic nitrogens is 2. The van der Waals surface area contributed by atoms with Crippen LogP contribution in [0.1, 0.15) is 31.2 Å². The summed E-state index contributed by atoms with van der Waals surface area (Å²) in [5, 5.41) is 21.6. The Morgan fingerprint density at radius 2 is 1.96 bits per heavy atom. The second-order valence-electron chi connectivity index (χ2n) is 7.21. The van der Waals surface area contributed by atoms with Crippen molar-refractivity contribution in [1.29, 1.82) is 0 Å². The van der Waals surface area contributed by atoms with Gasteiger partial charge in [0.2, 0.25) is 0 Å². The van der Waals surface area contributed by atoms with E-state index >= 15 is 0 Å². The van der Waals surface area contributed by atoms with Gasteiger partial charge in [-0.15, -0.1) is 0 Å². The summed E-state index contributed by atoms with van der Waals surface area (Å²) in [6, 6.07) is 10.5. The minimum Gasteiger partial charge on any atom is -0.387 e. The average Bonchev–Trinajstić information content (AvgIpc) is 2.96. The Kier molecular flexibility index (Phi) is 5.60. The molecule has 1 aromatic heterocycles. The first-order chi connectivity index (χ1) is 12.3. The Balaban J connectivity index is 1.56. The highest BCUT2D eigenvalue weighted by atomic mass is 35.5. The molecule has 26 heavy (non-hydrogen) atoms. The number of piperidine rings is 1. The summed E-state index contributed by atoms with van der Waals surface area (Å²) in [5.41, 5.74) is 0.314. The summed E-state index contributed by atoms with van der Waals surface area (Å²) in [5.74, 6) is 0.248. The van der Waals surface area contributed by atoms with E-state index in [1.807, 2.05) is 6.07 Å². The van der Waals surface area contributed by atoms with Crippen molar-refractivity contribution in [2.45, 2.75) is 37.8 Å². The number of hydrogen-bond acceptors (Lipinski definition) is 5. The molecule has 8 heteroatoms. The molecule has 0 aliphatic carbocycles. The molecule has 0 amide bonds. The highest BCUT2D eigenvalue weighted by Crippen LogP contribution is 2.29. The van der Waals surface area contributed by atoms with E-state index in [4.69, 9.17) is 11.6 Å². The molecule has 0 radical (unpaired) electrons. The van der Waals surface area contributed by atoms with E-state index in [0.29, 0.717) is 12.5 Å². The number of imidazole rings is 1. The van der Waals surface area contributed by atoms with Gasteiger partial charge in [0.1, 0.15) is 6.20 Å². The predicted octanol–water partition coefficient (Wildman–Crippen LogP) is 3.08. The van der Waals surface area contributed by atoms with Gasteiger partial charge in [0.25, 0.3) is 0 Å². The van der Waals surface area contributed by atoms with Crippen LogP contribution >= 0.6 is 11.6 Å². The van der Waals surface area contributed by atoms with Crippen molar-refractivity contribution >= 4 is 17.4 Å². The number of benzene rings is 1. The normalized spacial score (nSPS) is 18.6. The lowest BCUT2D eigenvalue weighted by Crippen LogP contribution is -2.46. The summed E-state index contributed by atoms with van der Waals surface area (Å²) in [6.07, 6.45) is 3.37. The summed E-state index contributed by atoms with van der Waals surface area (Å²) >= 11 is 5.95. The molecular weight excluding hydrogens is 356 g/mol. The van der Waals surface area contributed by atoms with Crippen molar-refractivity contribution < 1.29 is 10.0 Å². The molecule has 1 saturated heterocycles. The van der Waals surface area contributed by atoms with E-state index in [-0.39, 0.29) is 17.6 Å². The van der Waals surface area contributed by atoms with Gasteiger partial charge in [-0.25, -0.2) is 0 Å². The molecule has 3 rings (SSSR count). The van der Waals surface area contributed by atoms with Crippen molar-refractivity contribution in [2.75, 3.05) is 19.6 Å². The lowest BCUT2D eigenvalue weighted by Gasteiger charge is -2.36. The summed E-state index contributed by atoms with van der Waals surface area (Å²) < 4.78 is 1.43. The van der Waals surface area contributed by atoms with Gasteiger partial charge in [0.15, 0.2) is 0 Å². The van der Waals surface area contributed by atoms with Crippen molar-refractivity contribution in [1.82, 2.24) is 14.5 Å². The molecule has 1 aromatic carbocycles. The Bertz CT molecular complexity index is 755. The minimum atomic E-state index is -1.06. The van der Waals surface area contributed by atoms with Crippen LogP contribution in [0.4, 0.5) is 5.82 Å². The minimum absolute atomic E-state index is 0.0137. The maximum absolute atomic E-state index is 10.8. The zero-order valence-electron chi connectivity index (χ0n) is 14.7. The van der Waals surface area contributed by atoms with Gasteiger partial charge in [0.05, 0.1) is 12.1 Å². The van der Waals surface area contributed by atoms with Gasteiger partial charge in [-0.3, -0.25) is 4.57 Å². The van der Waals surface area contributed by atoms with Crippen LogP contribution in [-0.4, -0.2) is 49.7 Å². The topological polar surface area (TPSA) is 84.4 Å². The van der Waals surface area contributed by atoms with Crippen molar-refractivity contribution in [3.05, 3.63) is 57.5 Å². The fourth-order valence-electron chi connectivity index (χ4n) is 3.63. The number of likely N-dealkylation sites (tertiary alicyclic amines) is 1. The smallest absolute Gasteiger partial charge is 0.383 e. The number of aliphatic hydroxyl groups is 1. The molecule has 2 aromatic rings. The Hall–Kier alpha value is -1.96. The van der Waals surface area contributed by atoms with Crippen LogP contribution in [0, 0.1) is 10.1 Å². The Morgan fingerprint density at radius 1 is 1.31 bits per heavy atom.